The summed E-state index contributed by atoms with van der Waals surface area (Å²) >= 11 is 0. The molecule has 4 heteroatoms. The van der Waals surface area contributed by atoms with E-state index < -0.39 is 6.10 Å². The molecular weight excluding hydrogens is 278 g/mol. The minimum absolute atomic E-state index is 0.316. The molecule has 112 valence electrons. The zero-order chi connectivity index (χ0) is 15.5. The van der Waals surface area contributed by atoms with Crippen molar-refractivity contribution in [3.63, 3.8) is 0 Å². The van der Waals surface area contributed by atoms with Gasteiger partial charge < -0.3 is 10.5 Å². The minimum Gasteiger partial charge on any atom is -0.452 e. The molecule has 1 aromatic carbocycles. The predicted molar refractivity (Wildman–Crippen MR) is 83.9 cm³/mol. The molecule has 1 aromatic rings. The summed E-state index contributed by atoms with van der Waals surface area (Å²) in [5, 5.41) is 0. The lowest BCUT2D eigenvalue weighted by molar-refractivity contribution is -0.147. The molecular formula is C18H17NO3. The van der Waals surface area contributed by atoms with Gasteiger partial charge in [-0.05, 0) is 48.6 Å². The predicted octanol–water partition coefficient (Wildman–Crippen LogP) is 2.48. The van der Waals surface area contributed by atoms with Crippen LogP contribution in [0.1, 0.15) is 29.9 Å². The summed E-state index contributed by atoms with van der Waals surface area (Å²) < 4.78 is 5.51. The molecule has 2 N–H and O–H groups in total. The quantitative estimate of drug-likeness (QED) is 0.517. The molecule has 0 spiro atoms. The molecule has 0 bridgehead atoms. The van der Waals surface area contributed by atoms with E-state index in [4.69, 9.17) is 10.5 Å². The van der Waals surface area contributed by atoms with Crippen LogP contribution in [0.4, 0.5) is 5.69 Å². The van der Waals surface area contributed by atoms with Crippen LogP contribution in [0.3, 0.4) is 0 Å². The van der Waals surface area contributed by atoms with Crippen molar-refractivity contribution in [3.8, 4) is 0 Å². The summed E-state index contributed by atoms with van der Waals surface area (Å²) in [7, 11) is 0. The van der Waals surface area contributed by atoms with E-state index in [-0.39, 0.29) is 11.9 Å². The molecule has 2 aliphatic carbocycles. The highest BCUT2D eigenvalue weighted by atomic mass is 16.5. The van der Waals surface area contributed by atoms with Crippen LogP contribution in [0.5, 0.6) is 0 Å². The average molecular weight is 295 g/mol. The molecule has 0 aliphatic heterocycles. The molecule has 2 atom stereocenters. The van der Waals surface area contributed by atoms with Crippen molar-refractivity contribution in [2.24, 2.45) is 0 Å². The van der Waals surface area contributed by atoms with E-state index in [1.165, 1.54) is 0 Å². The van der Waals surface area contributed by atoms with Crippen LogP contribution in [-0.2, 0) is 20.7 Å². The normalized spacial score (nSPS) is 22.8. The van der Waals surface area contributed by atoms with E-state index in [2.05, 4.69) is 0 Å². The van der Waals surface area contributed by atoms with Gasteiger partial charge >= 0.3 is 5.97 Å². The monoisotopic (exact) mass is 295 g/mol. The maximum atomic E-state index is 12.5. The SMILES string of the molecule is Nc1cccc2c1CCCC2C(=O)OC1C=CC=CC1=C=O. The number of anilines is 1. The zero-order valence-corrected chi connectivity index (χ0v) is 12.1. The summed E-state index contributed by atoms with van der Waals surface area (Å²) in [5.74, 6) is 1.19. The van der Waals surface area contributed by atoms with Crippen LogP contribution in [0.15, 0.2) is 48.1 Å². The molecule has 0 aromatic heterocycles. The molecule has 0 radical (unpaired) electrons. The van der Waals surface area contributed by atoms with E-state index in [9.17, 15) is 9.59 Å². The van der Waals surface area contributed by atoms with Crippen molar-refractivity contribution < 1.29 is 14.3 Å². The zero-order valence-electron chi connectivity index (χ0n) is 12.1. The van der Waals surface area contributed by atoms with E-state index in [1.54, 1.807) is 24.3 Å². The number of carbonyl (C=O) groups is 1. The Morgan fingerprint density at radius 2 is 2.18 bits per heavy atom. The smallest absolute Gasteiger partial charge is 0.314 e. The topological polar surface area (TPSA) is 69.4 Å². The summed E-state index contributed by atoms with van der Waals surface area (Å²) in [6.45, 7) is 0. The fourth-order valence-corrected chi connectivity index (χ4v) is 3.05. The van der Waals surface area contributed by atoms with Gasteiger partial charge in [0.2, 0.25) is 0 Å². The number of nitrogen functional groups attached to an aromatic ring is 1. The summed E-state index contributed by atoms with van der Waals surface area (Å²) in [4.78, 5) is 23.5. The number of rotatable bonds is 2. The number of fused-ring (bicyclic) bond motifs is 1. The molecule has 2 unspecified atom stereocenters. The molecule has 0 amide bonds. The molecule has 0 saturated heterocycles. The molecule has 0 saturated carbocycles. The first-order valence-electron chi connectivity index (χ1n) is 7.38. The third kappa shape index (κ3) is 2.61. The molecule has 0 heterocycles. The summed E-state index contributed by atoms with van der Waals surface area (Å²) in [6.07, 6.45) is 8.64. The maximum absolute atomic E-state index is 12.5. The largest absolute Gasteiger partial charge is 0.452 e. The van der Waals surface area contributed by atoms with Gasteiger partial charge in [-0.2, -0.15) is 0 Å². The lowest BCUT2D eigenvalue weighted by Gasteiger charge is -2.26. The second-order valence-corrected chi connectivity index (χ2v) is 5.52. The number of ether oxygens (including phenoxy) is 1. The Balaban J connectivity index is 1.83. The fourth-order valence-electron chi connectivity index (χ4n) is 3.05. The van der Waals surface area contributed by atoms with Crippen molar-refractivity contribution in [3.05, 3.63) is 59.2 Å². The van der Waals surface area contributed by atoms with E-state index in [1.807, 2.05) is 24.1 Å². The number of hydrogen-bond acceptors (Lipinski definition) is 4. The molecule has 2 aliphatic rings. The highest BCUT2D eigenvalue weighted by molar-refractivity contribution is 5.81. The lowest BCUT2D eigenvalue weighted by Crippen LogP contribution is -2.26. The number of benzene rings is 1. The van der Waals surface area contributed by atoms with Gasteiger partial charge in [0.1, 0.15) is 5.94 Å². The fraction of sp³-hybridized carbons (Fsp3) is 0.278. The van der Waals surface area contributed by atoms with Gasteiger partial charge in [-0.3, -0.25) is 4.79 Å². The van der Waals surface area contributed by atoms with Crippen LogP contribution in [0, 0.1) is 0 Å². The maximum Gasteiger partial charge on any atom is 0.314 e. The Morgan fingerprint density at radius 3 is 3.00 bits per heavy atom. The molecule has 4 nitrogen and oxygen atoms in total. The first kappa shape index (κ1) is 14.4. The van der Waals surface area contributed by atoms with Crippen LogP contribution in [0.25, 0.3) is 0 Å². The number of nitrogens with two attached hydrogens (primary N) is 1. The van der Waals surface area contributed by atoms with Crippen LogP contribution >= 0.6 is 0 Å². The second kappa shape index (κ2) is 6.04. The third-order valence-electron chi connectivity index (χ3n) is 4.17. The summed E-state index contributed by atoms with van der Waals surface area (Å²) in [6, 6.07) is 5.65. The molecule has 3 rings (SSSR count). The average Bonchev–Trinajstić information content (AvgIpc) is 2.55. The minimum atomic E-state index is -0.651. The van der Waals surface area contributed by atoms with Gasteiger partial charge in [0.25, 0.3) is 0 Å². The summed E-state index contributed by atoms with van der Waals surface area (Å²) in [5.41, 5.74) is 9.05. The van der Waals surface area contributed by atoms with Crippen LogP contribution < -0.4 is 5.73 Å². The van der Waals surface area contributed by atoms with Gasteiger partial charge in [-0.15, -0.1) is 0 Å². The molecule has 22 heavy (non-hydrogen) atoms. The van der Waals surface area contributed by atoms with E-state index in [0.29, 0.717) is 5.57 Å². The van der Waals surface area contributed by atoms with Crippen LogP contribution in [-0.4, -0.2) is 18.0 Å². The highest BCUT2D eigenvalue weighted by Crippen LogP contribution is 2.35. The number of hydrogen-bond donors (Lipinski definition) is 1. The van der Waals surface area contributed by atoms with Gasteiger partial charge in [-0.1, -0.05) is 24.3 Å². The van der Waals surface area contributed by atoms with Crippen molar-refractivity contribution in [1.29, 1.82) is 0 Å². The Kier molecular flexibility index (Phi) is 3.94. The van der Waals surface area contributed by atoms with Crippen molar-refractivity contribution >= 4 is 17.6 Å². The van der Waals surface area contributed by atoms with Crippen molar-refractivity contribution in [2.45, 2.75) is 31.3 Å². The number of allylic oxidation sites excluding steroid dienone is 2. The Hall–Kier alpha value is -2.58. The second-order valence-electron chi connectivity index (χ2n) is 5.52. The van der Waals surface area contributed by atoms with Gasteiger partial charge in [-0.25, -0.2) is 4.79 Å². The molecule has 0 fully saturated rings. The number of esters is 1. The van der Waals surface area contributed by atoms with Crippen LogP contribution in [0.2, 0.25) is 0 Å². The Morgan fingerprint density at radius 1 is 1.32 bits per heavy atom. The van der Waals surface area contributed by atoms with E-state index in [0.717, 1.165) is 36.1 Å². The van der Waals surface area contributed by atoms with Gasteiger partial charge in [0.15, 0.2) is 6.10 Å². The van der Waals surface area contributed by atoms with Gasteiger partial charge in [0, 0.05) is 5.69 Å². The van der Waals surface area contributed by atoms with Crippen molar-refractivity contribution in [2.75, 3.05) is 5.73 Å². The van der Waals surface area contributed by atoms with Crippen molar-refractivity contribution in [1.82, 2.24) is 0 Å². The first-order chi connectivity index (χ1) is 10.7. The Bertz CT molecular complexity index is 711. The highest BCUT2D eigenvalue weighted by Gasteiger charge is 2.30. The number of carbonyl (C=O) groups excluding carboxylic acids is 2. The van der Waals surface area contributed by atoms with E-state index >= 15 is 0 Å². The standard InChI is InChI=1S/C18H17NO3/c19-16-9-4-6-13-14(16)7-3-8-15(13)18(21)22-17-10-2-1-5-12(17)11-20/h1-2,4-6,9-10,15,17H,3,7-8,19H2. The first-order valence-corrected chi connectivity index (χ1v) is 7.38. The Labute approximate surface area is 129 Å². The van der Waals surface area contributed by atoms with Gasteiger partial charge in [0.05, 0.1) is 11.5 Å². The lowest BCUT2D eigenvalue weighted by atomic mass is 9.82. The third-order valence-corrected chi connectivity index (χ3v) is 4.17.